The van der Waals surface area contributed by atoms with E-state index in [0.717, 1.165) is 25.7 Å². The Morgan fingerprint density at radius 3 is 2.15 bits per heavy atom. The SMILES string of the molecule is CNC(CCCCCC(C)(NC(C)C)C(N)=O)C(N)=O. The molecule has 0 saturated heterocycles. The second-order valence-corrected chi connectivity index (χ2v) is 5.84. The molecule has 0 aromatic heterocycles. The topological polar surface area (TPSA) is 110 Å². The van der Waals surface area contributed by atoms with Gasteiger partial charge in [-0.25, -0.2) is 0 Å². The zero-order chi connectivity index (χ0) is 15.8. The Bertz CT molecular complexity index is 320. The number of rotatable bonds is 11. The van der Waals surface area contributed by atoms with E-state index >= 15 is 0 Å². The van der Waals surface area contributed by atoms with Gasteiger partial charge in [-0.05, 0) is 40.7 Å². The van der Waals surface area contributed by atoms with Crippen LogP contribution in [0, 0.1) is 0 Å². The third-order valence-electron chi connectivity index (χ3n) is 3.51. The molecule has 2 atom stereocenters. The van der Waals surface area contributed by atoms with Crippen molar-refractivity contribution in [2.75, 3.05) is 7.05 Å². The van der Waals surface area contributed by atoms with Gasteiger partial charge in [-0.1, -0.05) is 19.3 Å². The van der Waals surface area contributed by atoms with E-state index in [0.29, 0.717) is 6.42 Å². The molecule has 0 radical (unpaired) electrons. The van der Waals surface area contributed by atoms with Crippen molar-refractivity contribution in [3.8, 4) is 0 Å². The van der Waals surface area contributed by atoms with Crippen LogP contribution in [0.3, 0.4) is 0 Å². The van der Waals surface area contributed by atoms with Crippen LogP contribution in [0.1, 0.15) is 52.9 Å². The lowest BCUT2D eigenvalue weighted by Crippen LogP contribution is -2.55. The molecule has 0 fully saturated rings. The Morgan fingerprint density at radius 1 is 1.15 bits per heavy atom. The van der Waals surface area contributed by atoms with Crippen molar-refractivity contribution >= 4 is 11.8 Å². The summed E-state index contributed by atoms with van der Waals surface area (Å²) in [5, 5.41) is 6.12. The lowest BCUT2D eigenvalue weighted by atomic mass is 9.92. The molecular formula is C14H30N4O2. The highest BCUT2D eigenvalue weighted by molar-refractivity contribution is 5.84. The van der Waals surface area contributed by atoms with Crippen molar-refractivity contribution in [2.45, 2.75) is 70.5 Å². The van der Waals surface area contributed by atoms with Gasteiger partial charge in [0.25, 0.3) is 0 Å². The van der Waals surface area contributed by atoms with E-state index < -0.39 is 5.54 Å². The average molecular weight is 286 g/mol. The summed E-state index contributed by atoms with van der Waals surface area (Å²) in [4.78, 5) is 22.6. The highest BCUT2D eigenvalue weighted by Gasteiger charge is 2.30. The molecule has 0 heterocycles. The van der Waals surface area contributed by atoms with Gasteiger partial charge in [-0.2, -0.15) is 0 Å². The van der Waals surface area contributed by atoms with E-state index in [4.69, 9.17) is 11.5 Å². The number of nitrogens with one attached hydrogen (secondary N) is 2. The minimum Gasteiger partial charge on any atom is -0.368 e. The lowest BCUT2D eigenvalue weighted by molar-refractivity contribution is -0.124. The van der Waals surface area contributed by atoms with E-state index in [1.807, 2.05) is 20.8 Å². The monoisotopic (exact) mass is 286 g/mol. The first-order valence-corrected chi connectivity index (χ1v) is 7.27. The average Bonchev–Trinajstić information content (AvgIpc) is 2.32. The molecule has 0 spiro atoms. The van der Waals surface area contributed by atoms with Gasteiger partial charge in [0, 0.05) is 6.04 Å². The van der Waals surface area contributed by atoms with E-state index in [9.17, 15) is 9.59 Å². The Hall–Kier alpha value is -1.14. The van der Waals surface area contributed by atoms with Gasteiger partial charge in [0.1, 0.15) is 0 Å². The number of amides is 2. The quantitative estimate of drug-likeness (QED) is 0.408. The van der Waals surface area contributed by atoms with Crippen LogP contribution in [0.15, 0.2) is 0 Å². The van der Waals surface area contributed by atoms with E-state index in [1.165, 1.54) is 0 Å². The molecule has 0 aliphatic rings. The molecule has 0 aromatic rings. The van der Waals surface area contributed by atoms with Crippen LogP contribution < -0.4 is 22.1 Å². The fourth-order valence-electron chi connectivity index (χ4n) is 2.34. The molecule has 2 amide bonds. The smallest absolute Gasteiger partial charge is 0.237 e. The highest BCUT2D eigenvalue weighted by Crippen LogP contribution is 2.16. The Morgan fingerprint density at radius 2 is 1.75 bits per heavy atom. The van der Waals surface area contributed by atoms with Gasteiger partial charge in [0.2, 0.25) is 11.8 Å². The molecule has 0 rings (SSSR count). The van der Waals surface area contributed by atoms with Crippen LogP contribution in [0.2, 0.25) is 0 Å². The van der Waals surface area contributed by atoms with Crippen LogP contribution in [-0.2, 0) is 9.59 Å². The van der Waals surface area contributed by atoms with Crippen LogP contribution in [0.5, 0.6) is 0 Å². The summed E-state index contributed by atoms with van der Waals surface area (Å²) in [6.07, 6.45) is 4.13. The second kappa shape index (κ2) is 8.92. The molecule has 0 aromatic carbocycles. The molecule has 0 aliphatic carbocycles. The van der Waals surface area contributed by atoms with Gasteiger partial charge >= 0.3 is 0 Å². The van der Waals surface area contributed by atoms with Crippen molar-refractivity contribution in [2.24, 2.45) is 11.5 Å². The predicted molar refractivity (Wildman–Crippen MR) is 81.0 cm³/mol. The summed E-state index contributed by atoms with van der Waals surface area (Å²) in [6, 6.07) is -0.0673. The molecule has 0 saturated carbocycles. The number of likely N-dealkylation sites (N-methyl/N-ethyl adjacent to an activating group) is 1. The number of primary amides is 2. The normalized spacial score (nSPS) is 15.8. The van der Waals surface area contributed by atoms with Gasteiger partial charge in [0.05, 0.1) is 11.6 Å². The maximum Gasteiger partial charge on any atom is 0.237 e. The summed E-state index contributed by atoms with van der Waals surface area (Å²) in [5.41, 5.74) is 10.1. The molecule has 0 bridgehead atoms. The second-order valence-electron chi connectivity index (χ2n) is 5.84. The van der Waals surface area contributed by atoms with E-state index in [1.54, 1.807) is 7.05 Å². The largest absolute Gasteiger partial charge is 0.368 e. The summed E-state index contributed by atoms with van der Waals surface area (Å²) >= 11 is 0. The van der Waals surface area contributed by atoms with Gasteiger partial charge < -0.3 is 22.1 Å². The number of unbranched alkanes of at least 4 members (excludes halogenated alkanes) is 2. The maximum absolute atomic E-state index is 11.6. The Balaban J connectivity index is 4.08. The zero-order valence-electron chi connectivity index (χ0n) is 13.2. The summed E-state index contributed by atoms with van der Waals surface area (Å²) < 4.78 is 0. The van der Waals surface area contributed by atoms with Gasteiger partial charge in [-0.3, -0.25) is 9.59 Å². The molecule has 6 nitrogen and oxygen atoms in total. The first kappa shape index (κ1) is 18.9. The molecule has 0 aliphatic heterocycles. The van der Waals surface area contributed by atoms with Crippen molar-refractivity contribution < 1.29 is 9.59 Å². The number of carbonyl (C=O) groups excluding carboxylic acids is 2. The van der Waals surface area contributed by atoms with Gasteiger partial charge in [-0.15, -0.1) is 0 Å². The lowest BCUT2D eigenvalue weighted by Gasteiger charge is -2.30. The van der Waals surface area contributed by atoms with E-state index in [-0.39, 0.29) is 23.9 Å². The van der Waals surface area contributed by atoms with Crippen molar-refractivity contribution in [1.82, 2.24) is 10.6 Å². The van der Waals surface area contributed by atoms with Crippen LogP contribution in [0.4, 0.5) is 0 Å². The number of hydrogen-bond acceptors (Lipinski definition) is 4. The molecule has 6 N–H and O–H groups in total. The van der Waals surface area contributed by atoms with Crippen LogP contribution >= 0.6 is 0 Å². The standard InChI is InChI=1S/C14H30N4O2/c1-10(2)18-14(3,13(16)20)9-7-5-6-8-11(17-4)12(15)19/h10-11,17-18H,5-9H2,1-4H3,(H2,15,19)(H2,16,20). The highest BCUT2D eigenvalue weighted by atomic mass is 16.2. The third kappa shape index (κ3) is 6.86. The maximum atomic E-state index is 11.6. The predicted octanol–water partition coefficient (Wildman–Crippen LogP) is 0.252. The molecule has 118 valence electrons. The molecule has 20 heavy (non-hydrogen) atoms. The summed E-state index contributed by atoms with van der Waals surface area (Å²) in [5.74, 6) is -0.646. The minimum absolute atomic E-state index is 0.205. The molecule has 6 heteroatoms. The Kier molecular flexibility index (Phi) is 8.41. The zero-order valence-corrected chi connectivity index (χ0v) is 13.2. The van der Waals surface area contributed by atoms with E-state index in [2.05, 4.69) is 10.6 Å². The number of hydrogen-bond donors (Lipinski definition) is 4. The van der Waals surface area contributed by atoms with Crippen molar-refractivity contribution in [3.63, 3.8) is 0 Å². The van der Waals surface area contributed by atoms with Crippen LogP contribution in [0.25, 0.3) is 0 Å². The minimum atomic E-state index is -0.666. The third-order valence-corrected chi connectivity index (χ3v) is 3.51. The molecular weight excluding hydrogens is 256 g/mol. The fourth-order valence-corrected chi connectivity index (χ4v) is 2.34. The number of carbonyl (C=O) groups is 2. The fraction of sp³-hybridized carbons (Fsp3) is 0.857. The van der Waals surface area contributed by atoms with Crippen molar-refractivity contribution in [1.29, 1.82) is 0 Å². The van der Waals surface area contributed by atoms with Crippen molar-refractivity contribution in [3.05, 3.63) is 0 Å². The van der Waals surface area contributed by atoms with Gasteiger partial charge in [0.15, 0.2) is 0 Å². The summed E-state index contributed by atoms with van der Waals surface area (Å²) in [6.45, 7) is 5.83. The van der Waals surface area contributed by atoms with Crippen LogP contribution in [-0.4, -0.2) is 36.5 Å². The Labute approximate surface area is 122 Å². The molecule has 2 unspecified atom stereocenters. The number of nitrogens with two attached hydrogens (primary N) is 2. The first-order valence-electron chi connectivity index (χ1n) is 7.27. The summed E-state index contributed by atoms with van der Waals surface area (Å²) in [7, 11) is 1.73. The first-order chi connectivity index (χ1) is 9.23.